The molecule has 2 aromatic rings. The number of carbonyl (C=O) groups excluding carboxylic acids is 1. The van der Waals surface area contributed by atoms with Crippen LogP contribution in [0.3, 0.4) is 0 Å². The van der Waals surface area contributed by atoms with Gasteiger partial charge in [-0.1, -0.05) is 11.3 Å². The van der Waals surface area contributed by atoms with Gasteiger partial charge >= 0.3 is 12.0 Å². The smallest absolute Gasteiger partial charge is 0.328 e. The van der Waals surface area contributed by atoms with E-state index < -0.39 is 18.5 Å². The maximum Gasteiger partial charge on any atom is 0.328 e. The van der Waals surface area contributed by atoms with Gasteiger partial charge in [0.1, 0.15) is 17.8 Å². The molecule has 0 saturated heterocycles. The van der Waals surface area contributed by atoms with E-state index in [2.05, 4.69) is 15.5 Å². The first-order valence-corrected chi connectivity index (χ1v) is 6.30. The SMILES string of the molecule is O=C(O)CN(C(=O)Nc1nncs1)c1ccc(O)cc1. The summed E-state index contributed by atoms with van der Waals surface area (Å²) in [7, 11) is 0. The van der Waals surface area contributed by atoms with E-state index in [1.54, 1.807) is 0 Å². The van der Waals surface area contributed by atoms with Crippen LogP contribution in [0, 0.1) is 0 Å². The van der Waals surface area contributed by atoms with Gasteiger partial charge in [0.15, 0.2) is 0 Å². The summed E-state index contributed by atoms with van der Waals surface area (Å²) in [4.78, 5) is 23.9. The fraction of sp³-hybridized carbons (Fsp3) is 0.0909. The lowest BCUT2D eigenvalue weighted by molar-refractivity contribution is -0.135. The molecule has 0 saturated carbocycles. The second kappa shape index (κ2) is 5.97. The van der Waals surface area contributed by atoms with Crippen LogP contribution in [-0.2, 0) is 4.79 Å². The van der Waals surface area contributed by atoms with Crippen molar-refractivity contribution in [3.05, 3.63) is 29.8 Å². The first-order chi connectivity index (χ1) is 9.56. The Morgan fingerprint density at radius 3 is 2.55 bits per heavy atom. The van der Waals surface area contributed by atoms with Gasteiger partial charge in [0.25, 0.3) is 0 Å². The fourth-order valence-electron chi connectivity index (χ4n) is 1.43. The van der Waals surface area contributed by atoms with E-state index in [0.29, 0.717) is 5.69 Å². The van der Waals surface area contributed by atoms with Crippen molar-refractivity contribution in [2.24, 2.45) is 0 Å². The monoisotopic (exact) mass is 294 g/mol. The standard InChI is InChI=1S/C11H10N4O4S/c16-8-3-1-7(2-4-8)15(5-9(17)18)11(19)13-10-14-12-6-20-10/h1-4,6,16H,5H2,(H,17,18)(H,13,14,19). The summed E-state index contributed by atoms with van der Waals surface area (Å²) in [6.45, 7) is -0.518. The van der Waals surface area contributed by atoms with Gasteiger partial charge in [-0.15, -0.1) is 10.2 Å². The van der Waals surface area contributed by atoms with Crippen LogP contribution < -0.4 is 10.2 Å². The number of phenols is 1. The summed E-state index contributed by atoms with van der Waals surface area (Å²) in [6.07, 6.45) is 0. The quantitative estimate of drug-likeness (QED) is 0.784. The third-order valence-electron chi connectivity index (χ3n) is 2.27. The van der Waals surface area contributed by atoms with Crippen molar-refractivity contribution in [1.82, 2.24) is 10.2 Å². The highest BCUT2D eigenvalue weighted by atomic mass is 32.1. The molecule has 0 aliphatic heterocycles. The third-order valence-corrected chi connectivity index (χ3v) is 2.88. The number of aliphatic carboxylic acids is 1. The van der Waals surface area contributed by atoms with Gasteiger partial charge in [0.2, 0.25) is 5.13 Å². The number of hydrogen-bond acceptors (Lipinski definition) is 6. The van der Waals surface area contributed by atoms with Gasteiger partial charge < -0.3 is 10.2 Å². The molecule has 0 spiro atoms. The molecule has 20 heavy (non-hydrogen) atoms. The summed E-state index contributed by atoms with van der Waals surface area (Å²) in [5.41, 5.74) is 1.78. The molecule has 0 fully saturated rings. The molecule has 3 N–H and O–H groups in total. The predicted octanol–water partition coefficient (Wildman–Crippen LogP) is 1.37. The van der Waals surface area contributed by atoms with Crippen LogP contribution in [0.4, 0.5) is 15.6 Å². The van der Waals surface area contributed by atoms with E-state index in [1.807, 2.05) is 0 Å². The maximum absolute atomic E-state index is 12.1. The zero-order valence-corrected chi connectivity index (χ0v) is 10.9. The van der Waals surface area contributed by atoms with Crippen molar-refractivity contribution in [2.45, 2.75) is 0 Å². The first kappa shape index (κ1) is 13.7. The Labute approximate surface area is 117 Å². The molecule has 0 unspecified atom stereocenters. The van der Waals surface area contributed by atoms with Gasteiger partial charge in [-0.3, -0.25) is 15.0 Å². The number of rotatable bonds is 4. The number of carbonyl (C=O) groups is 2. The highest BCUT2D eigenvalue weighted by molar-refractivity contribution is 7.13. The number of amides is 2. The van der Waals surface area contributed by atoms with Gasteiger partial charge in [-0.2, -0.15) is 0 Å². The van der Waals surface area contributed by atoms with Crippen molar-refractivity contribution in [2.75, 3.05) is 16.8 Å². The Kier molecular flexibility index (Phi) is 4.11. The van der Waals surface area contributed by atoms with Crippen LogP contribution in [0.25, 0.3) is 0 Å². The summed E-state index contributed by atoms with van der Waals surface area (Å²) in [5.74, 6) is -1.14. The third kappa shape index (κ3) is 3.42. The number of hydrogen-bond donors (Lipinski definition) is 3. The number of carboxylic acid groups (broad SMARTS) is 1. The lowest BCUT2D eigenvalue weighted by atomic mass is 10.3. The number of urea groups is 1. The number of carboxylic acids is 1. The van der Waals surface area contributed by atoms with E-state index in [1.165, 1.54) is 29.8 Å². The fourth-order valence-corrected chi connectivity index (χ4v) is 1.87. The lowest BCUT2D eigenvalue weighted by Gasteiger charge is -2.20. The van der Waals surface area contributed by atoms with E-state index >= 15 is 0 Å². The molecule has 0 atom stereocenters. The van der Waals surface area contributed by atoms with E-state index in [-0.39, 0.29) is 10.9 Å². The minimum Gasteiger partial charge on any atom is -0.508 e. The molecule has 8 nitrogen and oxygen atoms in total. The molecule has 1 aromatic carbocycles. The zero-order chi connectivity index (χ0) is 14.5. The Hall–Kier alpha value is -2.68. The van der Waals surface area contributed by atoms with Crippen molar-refractivity contribution in [3.8, 4) is 5.75 Å². The van der Waals surface area contributed by atoms with Crippen LogP contribution >= 0.6 is 11.3 Å². The number of aromatic nitrogens is 2. The second-order valence-electron chi connectivity index (χ2n) is 3.67. The molecule has 2 rings (SSSR count). The summed E-state index contributed by atoms with van der Waals surface area (Å²) < 4.78 is 0. The average Bonchev–Trinajstić information content (AvgIpc) is 2.89. The first-order valence-electron chi connectivity index (χ1n) is 5.42. The van der Waals surface area contributed by atoms with Gasteiger partial charge in [0.05, 0.1) is 0 Å². The minimum atomic E-state index is -1.16. The zero-order valence-electron chi connectivity index (χ0n) is 10.1. The van der Waals surface area contributed by atoms with Crippen LogP contribution in [0.15, 0.2) is 29.8 Å². The Morgan fingerprint density at radius 1 is 1.30 bits per heavy atom. The number of phenolic OH excluding ortho intramolecular Hbond substituents is 1. The molecular weight excluding hydrogens is 284 g/mol. The number of anilines is 2. The van der Waals surface area contributed by atoms with E-state index in [4.69, 9.17) is 5.11 Å². The number of aromatic hydroxyl groups is 1. The molecule has 1 aromatic heterocycles. The van der Waals surface area contributed by atoms with E-state index in [0.717, 1.165) is 16.2 Å². The normalized spacial score (nSPS) is 10.0. The largest absolute Gasteiger partial charge is 0.508 e. The van der Waals surface area contributed by atoms with Crippen molar-refractivity contribution in [1.29, 1.82) is 0 Å². The molecule has 0 aliphatic carbocycles. The highest BCUT2D eigenvalue weighted by Gasteiger charge is 2.19. The Bertz CT molecular complexity index is 599. The van der Waals surface area contributed by atoms with Crippen molar-refractivity contribution < 1.29 is 19.8 Å². The highest BCUT2D eigenvalue weighted by Crippen LogP contribution is 2.19. The van der Waals surface area contributed by atoms with Crippen molar-refractivity contribution >= 4 is 34.2 Å². The molecule has 0 aliphatic rings. The summed E-state index contributed by atoms with van der Waals surface area (Å²) >= 11 is 1.12. The Morgan fingerprint density at radius 2 is 2.00 bits per heavy atom. The number of nitrogens with one attached hydrogen (secondary N) is 1. The number of nitrogens with zero attached hydrogens (tertiary/aromatic N) is 3. The average molecular weight is 294 g/mol. The topological polar surface area (TPSA) is 116 Å². The maximum atomic E-state index is 12.1. The van der Waals surface area contributed by atoms with Crippen LogP contribution in [0.5, 0.6) is 5.75 Å². The molecule has 0 bridgehead atoms. The molecule has 104 valence electrons. The molecule has 0 radical (unpaired) electrons. The molecule has 1 heterocycles. The molecule has 9 heteroatoms. The van der Waals surface area contributed by atoms with Crippen molar-refractivity contribution in [3.63, 3.8) is 0 Å². The van der Waals surface area contributed by atoms with Gasteiger partial charge in [0, 0.05) is 5.69 Å². The summed E-state index contributed by atoms with van der Waals surface area (Å²) in [6, 6.07) is 4.97. The minimum absolute atomic E-state index is 0.0218. The molecular formula is C11H10N4O4S. The van der Waals surface area contributed by atoms with E-state index in [9.17, 15) is 14.7 Å². The summed E-state index contributed by atoms with van der Waals surface area (Å²) in [5, 5.41) is 28.0. The van der Waals surface area contributed by atoms with Gasteiger partial charge in [-0.25, -0.2) is 4.79 Å². The van der Waals surface area contributed by atoms with Crippen LogP contribution in [0.2, 0.25) is 0 Å². The number of benzene rings is 1. The Balaban J connectivity index is 2.20. The molecule has 2 amide bonds. The lowest BCUT2D eigenvalue weighted by Crippen LogP contribution is -2.38. The second-order valence-corrected chi connectivity index (χ2v) is 4.50. The van der Waals surface area contributed by atoms with Crippen LogP contribution in [-0.4, -0.2) is 39.0 Å². The predicted molar refractivity (Wildman–Crippen MR) is 72.0 cm³/mol. The van der Waals surface area contributed by atoms with Gasteiger partial charge in [-0.05, 0) is 24.3 Å². The van der Waals surface area contributed by atoms with Crippen LogP contribution in [0.1, 0.15) is 0 Å².